The molecule has 2 aromatic carbocycles. The molecule has 2 amide bonds. The Morgan fingerprint density at radius 1 is 0.808 bits per heavy atom. The van der Waals surface area contributed by atoms with E-state index in [1.165, 1.54) is 12.1 Å². The van der Waals surface area contributed by atoms with Gasteiger partial charge in [-0.2, -0.15) is 0 Å². The maximum absolute atomic E-state index is 12.9. The first-order valence-electron chi connectivity index (χ1n) is 9.01. The molecule has 0 saturated carbocycles. The number of amides is 2. The van der Waals surface area contributed by atoms with E-state index >= 15 is 0 Å². The molecule has 0 aliphatic rings. The summed E-state index contributed by atoms with van der Waals surface area (Å²) in [6.45, 7) is 3.24. The molecule has 4 nitrogen and oxygen atoms in total. The number of nitrogens with one attached hydrogen (secondary N) is 2. The normalized spacial score (nSPS) is 10.4. The van der Waals surface area contributed by atoms with Gasteiger partial charge >= 0.3 is 0 Å². The molecule has 0 unspecified atom stereocenters. The smallest absolute Gasteiger partial charge is 0.251 e. The molecular weight excluding hydrogens is 331 g/mol. The second kappa shape index (κ2) is 10.3. The quantitative estimate of drug-likeness (QED) is 0.673. The van der Waals surface area contributed by atoms with Gasteiger partial charge in [-0.15, -0.1) is 0 Å². The van der Waals surface area contributed by atoms with Crippen LogP contribution in [0, 0.1) is 5.82 Å². The fraction of sp³-hybridized carbons (Fsp3) is 0.333. The number of rotatable bonds is 9. The predicted octanol–water partition coefficient (Wildman–Crippen LogP) is 3.72. The van der Waals surface area contributed by atoms with Crippen molar-refractivity contribution in [2.24, 2.45) is 0 Å². The number of benzene rings is 2. The second-order valence-electron chi connectivity index (χ2n) is 6.17. The van der Waals surface area contributed by atoms with Crippen LogP contribution >= 0.6 is 0 Å². The summed E-state index contributed by atoms with van der Waals surface area (Å²) in [6, 6.07) is 12.8. The van der Waals surface area contributed by atoms with Crippen molar-refractivity contribution >= 4 is 11.8 Å². The van der Waals surface area contributed by atoms with Gasteiger partial charge in [-0.05, 0) is 54.8 Å². The Labute approximate surface area is 153 Å². The Morgan fingerprint density at radius 3 is 1.88 bits per heavy atom. The van der Waals surface area contributed by atoms with Crippen LogP contribution in [0.3, 0.4) is 0 Å². The largest absolute Gasteiger partial charge is 0.352 e. The van der Waals surface area contributed by atoms with E-state index in [1.807, 2.05) is 0 Å². The van der Waals surface area contributed by atoms with E-state index in [0.29, 0.717) is 30.6 Å². The van der Waals surface area contributed by atoms with Gasteiger partial charge in [-0.25, -0.2) is 4.39 Å². The number of carbonyl (C=O) groups is 2. The van der Waals surface area contributed by atoms with Gasteiger partial charge in [0.1, 0.15) is 5.82 Å². The lowest BCUT2D eigenvalue weighted by Gasteiger charge is -2.07. The van der Waals surface area contributed by atoms with Gasteiger partial charge in [-0.3, -0.25) is 9.59 Å². The minimum Gasteiger partial charge on any atom is -0.352 e. The lowest BCUT2D eigenvalue weighted by atomic mass is 10.1. The molecular formula is C21H25FN2O2. The second-order valence-corrected chi connectivity index (χ2v) is 6.17. The summed E-state index contributed by atoms with van der Waals surface area (Å²) in [5.41, 5.74) is 2.01. The summed E-state index contributed by atoms with van der Waals surface area (Å²) < 4.78 is 12.9. The highest BCUT2D eigenvalue weighted by molar-refractivity contribution is 5.97. The Hall–Kier alpha value is -2.69. The average molecular weight is 356 g/mol. The first-order chi connectivity index (χ1) is 12.6. The number of halogens is 1. The zero-order valence-electron chi connectivity index (χ0n) is 15.1. The summed E-state index contributed by atoms with van der Waals surface area (Å²) >= 11 is 0. The maximum atomic E-state index is 12.9. The van der Waals surface area contributed by atoms with Crippen molar-refractivity contribution in [3.05, 3.63) is 71.0 Å². The lowest BCUT2D eigenvalue weighted by molar-refractivity contribution is 0.0941. The maximum Gasteiger partial charge on any atom is 0.251 e. The summed E-state index contributed by atoms with van der Waals surface area (Å²) in [5.74, 6) is -0.585. The van der Waals surface area contributed by atoms with Crippen molar-refractivity contribution in [1.82, 2.24) is 10.6 Å². The van der Waals surface area contributed by atoms with Crippen molar-refractivity contribution in [1.29, 1.82) is 0 Å². The van der Waals surface area contributed by atoms with E-state index in [2.05, 4.69) is 17.6 Å². The summed E-state index contributed by atoms with van der Waals surface area (Å²) in [6.07, 6.45) is 3.80. The molecule has 2 N–H and O–H groups in total. The van der Waals surface area contributed by atoms with Crippen LogP contribution in [0.15, 0.2) is 48.5 Å². The van der Waals surface area contributed by atoms with Crippen LogP contribution in [0.2, 0.25) is 0 Å². The summed E-state index contributed by atoms with van der Waals surface area (Å²) in [5, 5.41) is 5.70. The Kier molecular flexibility index (Phi) is 7.80. The van der Waals surface area contributed by atoms with Gasteiger partial charge in [0, 0.05) is 24.2 Å². The SMILES string of the molecule is CCCCCNC(=O)c1ccc(C(=O)NCCc2ccc(F)cc2)cc1. The van der Waals surface area contributed by atoms with Gasteiger partial charge < -0.3 is 10.6 Å². The van der Waals surface area contributed by atoms with Crippen LogP contribution in [0.4, 0.5) is 4.39 Å². The first kappa shape index (κ1) is 19.6. The van der Waals surface area contributed by atoms with Crippen molar-refractivity contribution in [3.8, 4) is 0 Å². The number of hydrogen-bond donors (Lipinski definition) is 2. The Morgan fingerprint density at radius 2 is 1.35 bits per heavy atom. The van der Waals surface area contributed by atoms with E-state index in [9.17, 15) is 14.0 Å². The highest BCUT2D eigenvalue weighted by Gasteiger charge is 2.08. The van der Waals surface area contributed by atoms with Crippen molar-refractivity contribution in [2.75, 3.05) is 13.1 Å². The minimum absolute atomic E-state index is 0.121. The van der Waals surface area contributed by atoms with Crippen molar-refractivity contribution in [3.63, 3.8) is 0 Å². The zero-order chi connectivity index (χ0) is 18.8. The van der Waals surface area contributed by atoms with E-state index in [-0.39, 0.29) is 17.6 Å². The summed E-state index contributed by atoms with van der Waals surface area (Å²) in [7, 11) is 0. The first-order valence-corrected chi connectivity index (χ1v) is 9.01. The molecule has 0 spiro atoms. The van der Waals surface area contributed by atoms with Gasteiger partial charge in [0.25, 0.3) is 11.8 Å². The van der Waals surface area contributed by atoms with Crippen LogP contribution < -0.4 is 10.6 Å². The van der Waals surface area contributed by atoms with Gasteiger partial charge in [0.2, 0.25) is 0 Å². The molecule has 0 fully saturated rings. The molecule has 0 saturated heterocycles. The predicted molar refractivity (Wildman–Crippen MR) is 101 cm³/mol. The van der Waals surface area contributed by atoms with Crippen molar-refractivity contribution in [2.45, 2.75) is 32.6 Å². The highest BCUT2D eigenvalue weighted by Crippen LogP contribution is 2.06. The molecule has 26 heavy (non-hydrogen) atoms. The number of unbranched alkanes of at least 4 members (excludes halogenated alkanes) is 2. The molecule has 0 atom stereocenters. The minimum atomic E-state index is -0.271. The van der Waals surface area contributed by atoms with E-state index in [1.54, 1.807) is 36.4 Å². The molecule has 0 radical (unpaired) electrons. The molecule has 0 aliphatic carbocycles. The Bertz CT molecular complexity index is 712. The average Bonchev–Trinajstić information content (AvgIpc) is 2.66. The number of hydrogen-bond acceptors (Lipinski definition) is 2. The van der Waals surface area contributed by atoms with Crippen molar-refractivity contribution < 1.29 is 14.0 Å². The highest BCUT2D eigenvalue weighted by atomic mass is 19.1. The molecule has 0 aromatic heterocycles. The van der Waals surface area contributed by atoms with Crippen LogP contribution in [-0.4, -0.2) is 24.9 Å². The lowest BCUT2D eigenvalue weighted by Crippen LogP contribution is -2.26. The van der Waals surface area contributed by atoms with E-state index in [4.69, 9.17) is 0 Å². The zero-order valence-corrected chi connectivity index (χ0v) is 15.1. The third-order valence-corrected chi connectivity index (χ3v) is 4.09. The fourth-order valence-electron chi connectivity index (χ4n) is 2.53. The monoisotopic (exact) mass is 356 g/mol. The number of carbonyl (C=O) groups excluding carboxylic acids is 2. The molecule has 5 heteroatoms. The molecule has 138 valence electrons. The molecule has 2 aromatic rings. The van der Waals surface area contributed by atoms with Crippen LogP contribution in [0.1, 0.15) is 52.5 Å². The summed E-state index contributed by atoms with van der Waals surface area (Å²) in [4.78, 5) is 24.1. The van der Waals surface area contributed by atoms with Crippen LogP contribution in [-0.2, 0) is 6.42 Å². The van der Waals surface area contributed by atoms with Gasteiger partial charge in [-0.1, -0.05) is 31.9 Å². The standard InChI is InChI=1S/C21H25FN2O2/c1-2-3-4-14-23-20(25)17-7-9-18(10-8-17)21(26)24-15-13-16-5-11-19(22)12-6-16/h5-12H,2-4,13-15H2,1H3,(H,23,25)(H,24,26). The Balaban J connectivity index is 1.78. The van der Waals surface area contributed by atoms with Gasteiger partial charge in [0.15, 0.2) is 0 Å². The van der Waals surface area contributed by atoms with E-state index < -0.39 is 0 Å². The molecule has 2 rings (SSSR count). The molecule has 0 aliphatic heterocycles. The fourth-order valence-corrected chi connectivity index (χ4v) is 2.53. The molecule has 0 heterocycles. The third-order valence-electron chi connectivity index (χ3n) is 4.09. The topological polar surface area (TPSA) is 58.2 Å². The van der Waals surface area contributed by atoms with E-state index in [0.717, 1.165) is 24.8 Å². The van der Waals surface area contributed by atoms with Crippen LogP contribution in [0.25, 0.3) is 0 Å². The van der Waals surface area contributed by atoms with Crippen LogP contribution in [0.5, 0.6) is 0 Å². The third kappa shape index (κ3) is 6.31. The van der Waals surface area contributed by atoms with Gasteiger partial charge in [0.05, 0.1) is 0 Å². The molecule has 0 bridgehead atoms.